The number of piperidine rings is 1. The number of hydrogen-bond donors (Lipinski definition) is 1. The van der Waals surface area contributed by atoms with Crippen molar-refractivity contribution in [1.82, 2.24) is 20.0 Å². The van der Waals surface area contributed by atoms with E-state index in [0.29, 0.717) is 6.54 Å². The highest BCUT2D eigenvalue weighted by atomic mass is 16.2. The molecule has 0 radical (unpaired) electrons. The molecule has 2 amide bonds. The van der Waals surface area contributed by atoms with Crippen molar-refractivity contribution in [2.45, 2.75) is 64.8 Å². The maximum Gasteiger partial charge on any atom is 0.245 e. The molecule has 1 aromatic heterocycles. The molecule has 1 aliphatic carbocycles. The van der Waals surface area contributed by atoms with Crippen molar-refractivity contribution in [1.29, 1.82) is 0 Å². The van der Waals surface area contributed by atoms with Gasteiger partial charge in [0.05, 0.1) is 5.69 Å². The van der Waals surface area contributed by atoms with Gasteiger partial charge in [-0.05, 0) is 64.4 Å². The van der Waals surface area contributed by atoms with Gasteiger partial charge in [-0.3, -0.25) is 14.7 Å². The van der Waals surface area contributed by atoms with Crippen LogP contribution in [-0.4, -0.2) is 58.0 Å². The molecule has 25 heavy (non-hydrogen) atoms. The molecule has 1 saturated heterocycles. The fraction of sp³-hybridized carbons (Fsp3) is 0.737. The van der Waals surface area contributed by atoms with Crippen LogP contribution in [0.4, 0.5) is 0 Å². The van der Waals surface area contributed by atoms with E-state index in [1.54, 1.807) is 0 Å². The SMILES string of the molecule is Cc1n[nH]c(C)c1CCCN(C)C(=O)C1CCCCN1C(=O)C1CC1. The number of H-pyrrole nitrogens is 1. The van der Waals surface area contributed by atoms with Crippen LogP contribution in [0.15, 0.2) is 0 Å². The van der Waals surface area contributed by atoms with E-state index in [4.69, 9.17) is 0 Å². The van der Waals surface area contributed by atoms with Gasteiger partial charge < -0.3 is 9.80 Å². The summed E-state index contributed by atoms with van der Waals surface area (Å²) in [6.45, 7) is 5.50. The van der Waals surface area contributed by atoms with E-state index in [1.165, 1.54) is 5.56 Å². The summed E-state index contributed by atoms with van der Waals surface area (Å²) in [6, 6.07) is -0.246. The zero-order chi connectivity index (χ0) is 18.0. The Hall–Kier alpha value is -1.85. The Morgan fingerprint density at radius 1 is 1.24 bits per heavy atom. The highest BCUT2D eigenvalue weighted by molar-refractivity contribution is 5.89. The van der Waals surface area contributed by atoms with Crippen LogP contribution in [0.1, 0.15) is 55.5 Å². The summed E-state index contributed by atoms with van der Waals surface area (Å²) in [4.78, 5) is 29.1. The molecular weight excluding hydrogens is 316 g/mol. The van der Waals surface area contributed by atoms with Gasteiger partial charge in [-0.15, -0.1) is 0 Å². The van der Waals surface area contributed by atoms with Crippen LogP contribution >= 0.6 is 0 Å². The first kappa shape index (κ1) is 18.0. The number of likely N-dealkylation sites (N-methyl/N-ethyl adjacent to an activating group) is 1. The van der Waals surface area contributed by atoms with Gasteiger partial charge in [-0.2, -0.15) is 5.10 Å². The molecule has 2 heterocycles. The third-order valence-electron chi connectivity index (χ3n) is 5.57. The summed E-state index contributed by atoms with van der Waals surface area (Å²) < 4.78 is 0. The van der Waals surface area contributed by atoms with E-state index in [-0.39, 0.29) is 23.8 Å². The second-order valence-corrected chi connectivity index (χ2v) is 7.59. The molecule has 1 saturated carbocycles. The lowest BCUT2D eigenvalue weighted by Gasteiger charge is -2.37. The maximum absolute atomic E-state index is 12.9. The van der Waals surface area contributed by atoms with Gasteiger partial charge in [0, 0.05) is 31.7 Å². The monoisotopic (exact) mass is 346 g/mol. The molecular formula is C19H30N4O2. The zero-order valence-corrected chi connectivity index (χ0v) is 15.7. The molecule has 1 aliphatic heterocycles. The van der Waals surface area contributed by atoms with Gasteiger partial charge in [0.1, 0.15) is 6.04 Å². The van der Waals surface area contributed by atoms with Crippen molar-refractivity contribution >= 4 is 11.8 Å². The van der Waals surface area contributed by atoms with E-state index < -0.39 is 0 Å². The largest absolute Gasteiger partial charge is 0.344 e. The molecule has 1 N–H and O–H groups in total. The van der Waals surface area contributed by atoms with E-state index in [1.807, 2.05) is 30.7 Å². The normalized spacial score (nSPS) is 20.6. The van der Waals surface area contributed by atoms with Crippen LogP contribution in [0.3, 0.4) is 0 Å². The lowest BCUT2D eigenvalue weighted by Crippen LogP contribution is -2.52. The average Bonchev–Trinajstić information content (AvgIpc) is 3.42. The predicted octanol–water partition coefficient (Wildman–Crippen LogP) is 2.21. The molecule has 138 valence electrons. The number of aryl methyl sites for hydroxylation is 2. The number of carbonyl (C=O) groups is 2. The van der Waals surface area contributed by atoms with Crippen LogP contribution < -0.4 is 0 Å². The molecule has 6 nitrogen and oxygen atoms in total. The van der Waals surface area contributed by atoms with Crippen LogP contribution in [0.2, 0.25) is 0 Å². The van der Waals surface area contributed by atoms with Crippen molar-refractivity contribution in [3.8, 4) is 0 Å². The van der Waals surface area contributed by atoms with Crippen molar-refractivity contribution < 1.29 is 9.59 Å². The molecule has 0 spiro atoms. The van der Waals surface area contributed by atoms with Gasteiger partial charge in [0.15, 0.2) is 0 Å². The number of aromatic amines is 1. The molecule has 2 aliphatic rings. The fourth-order valence-electron chi connectivity index (χ4n) is 3.82. The molecule has 3 rings (SSSR count). The smallest absolute Gasteiger partial charge is 0.245 e. The summed E-state index contributed by atoms with van der Waals surface area (Å²) in [7, 11) is 1.87. The van der Waals surface area contributed by atoms with Crippen LogP contribution in [0.5, 0.6) is 0 Å². The third kappa shape index (κ3) is 4.05. The minimum Gasteiger partial charge on any atom is -0.344 e. The molecule has 1 aromatic rings. The first-order chi connectivity index (χ1) is 12.0. The predicted molar refractivity (Wildman–Crippen MR) is 96.1 cm³/mol. The second-order valence-electron chi connectivity index (χ2n) is 7.59. The molecule has 1 unspecified atom stereocenters. The van der Waals surface area contributed by atoms with Gasteiger partial charge in [0.2, 0.25) is 11.8 Å². The Kier molecular flexibility index (Phi) is 5.45. The Balaban J connectivity index is 1.54. The molecule has 0 bridgehead atoms. The lowest BCUT2D eigenvalue weighted by atomic mass is 10.00. The summed E-state index contributed by atoms with van der Waals surface area (Å²) in [6.07, 6.45) is 6.68. The number of amides is 2. The summed E-state index contributed by atoms with van der Waals surface area (Å²) in [5.74, 6) is 0.496. The molecule has 2 fully saturated rings. The zero-order valence-electron chi connectivity index (χ0n) is 15.7. The average molecular weight is 346 g/mol. The third-order valence-corrected chi connectivity index (χ3v) is 5.57. The van der Waals surface area contributed by atoms with Crippen molar-refractivity contribution in [2.75, 3.05) is 20.1 Å². The van der Waals surface area contributed by atoms with Crippen LogP contribution in [0, 0.1) is 19.8 Å². The van der Waals surface area contributed by atoms with Gasteiger partial charge >= 0.3 is 0 Å². The van der Waals surface area contributed by atoms with Gasteiger partial charge in [-0.1, -0.05) is 0 Å². The Labute approximate surface area is 149 Å². The number of likely N-dealkylation sites (tertiary alicyclic amines) is 1. The van der Waals surface area contributed by atoms with Crippen LogP contribution in [0.25, 0.3) is 0 Å². The lowest BCUT2D eigenvalue weighted by molar-refractivity contribution is -0.147. The highest BCUT2D eigenvalue weighted by Gasteiger charge is 2.40. The minimum atomic E-state index is -0.246. The molecule has 0 aromatic carbocycles. The number of rotatable bonds is 6. The van der Waals surface area contributed by atoms with E-state index in [0.717, 1.165) is 62.9 Å². The number of carbonyl (C=O) groups excluding carboxylic acids is 2. The molecule has 1 atom stereocenters. The summed E-state index contributed by atoms with van der Waals surface area (Å²) >= 11 is 0. The first-order valence-corrected chi connectivity index (χ1v) is 9.55. The van der Waals surface area contributed by atoms with Gasteiger partial charge in [0.25, 0.3) is 0 Å². The van der Waals surface area contributed by atoms with Crippen molar-refractivity contribution in [3.63, 3.8) is 0 Å². The summed E-state index contributed by atoms with van der Waals surface area (Å²) in [5, 5.41) is 7.23. The number of aromatic nitrogens is 2. The Bertz CT molecular complexity index is 616. The number of nitrogens with zero attached hydrogens (tertiary/aromatic N) is 3. The Morgan fingerprint density at radius 2 is 2.00 bits per heavy atom. The van der Waals surface area contributed by atoms with Gasteiger partial charge in [-0.25, -0.2) is 0 Å². The number of hydrogen-bond acceptors (Lipinski definition) is 3. The Morgan fingerprint density at radius 3 is 2.64 bits per heavy atom. The van der Waals surface area contributed by atoms with Crippen molar-refractivity contribution in [2.24, 2.45) is 5.92 Å². The van der Waals surface area contributed by atoms with Crippen molar-refractivity contribution in [3.05, 3.63) is 17.0 Å². The molecule has 6 heteroatoms. The van der Waals surface area contributed by atoms with E-state index in [9.17, 15) is 9.59 Å². The van der Waals surface area contributed by atoms with E-state index in [2.05, 4.69) is 10.2 Å². The fourth-order valence-corrected chi connectivity index (χ4v) is 3.82. The topological polar surface area (TPSA) is 69.3 Å². The number of nitrogens with one attached hydrogen (secondary N) is 1. The van der Waals surface area contributed by atoms with Crippen LogP contribution in [-0.2, 0) is 16.0 Å². The summed E-state index contributed by atoms with van der Waals surface area (Å²) in [5.41, 5.74) is 3.41. The maximum atomic E-state index is 12.9. The quantitative estimate of drug-likeness (QED) is 0.858. The minimum absolute atomic E-state index is 0.106. The van der Waals surface area contributed by atoms with E-state index >= 15 is 0 Å². The second kappa shape index (κ2) is 7.58. The standard InChI is InChI=1S/C19H30N4O2/c1-13-16(14(2)21-20-13)7-6-11-22(3)19(25)17-8-4-5-12-23(17)18(24)15-9-10-15/h15,17H,4-12H2,1-3H3,(H,20,21). The first-order valence-electron chi connectivity index (χ1n) is 9.55. The highest BCUT2D eigenvalue weighted by Crippen LogP contribution is 2.33.